The van der Waals surface area contributed by atoms with E-state index in [9.17, 15) is 4.79 Å². The molecule has 20 heavy (non-hydrogen) atoms. The van der Waals surface area contributed by atoms with E-state index in [1.54, 1.807) is 6.20 Å². The number of amides is 1. The Balaban J connectivity index is 1.56. The van der Waals surface area contributed by atoms with Crippen LogP contribution in [0.4, 0.5) is 5.82 Å². The van der Waals surface area contributed by atoms with Crippen molar-refractivity contribution < 1.29 is 4.79 Å². The molecule has 2 fully saturated rings. The molecule has 0 bridgehead atoms. The molecule has 2 N–H and O–H groups in total. The van der Waals surface area contributed by atoms with Crippen LogP contribution in [0, 0.1) is 5.92 Å². The normalized spacial score (nSPS) is 24.4. The van der Waals surface area contributed by atoms with Crippen LogP contribution in [0.2, 0.25) is 0 Å². The lowest BCUT2D eigenvalue weighted by molar-refractivity contribution is -0.116. The molecule has 5 nitrogen and oxygen atoms in total. The van der Waals surface area contributed by atoms with Crippen LogP contribution in [0.3, 0.4) is 0 Å². The minimum Gasteiger partial charge on any atom is -0.312 e. The van der Waals surface area contributed by atoms with E-state index in [2.05, 4.69) is 22.7 Å². The molecule has 2 unspecified atom stereocenters. The molecule has 1 saturated heterocycles. The maximum absolute atomic E-state index is 12.1. The van der Waals surface area contributed by atoms with Gasteiger partial charge in [0.25, 0.3) is 0 Å². The van der Waals surface area contributed by atoms with Gasteiger partial charge in [0.1, 0.15) is 5.82 Å². The first-order valence-electron chi connectivity index (χ1n) is 7.38. The average molecular weight is 294 g/mol. The highest BCUT2D eigenvalue weighted by Gasteiger charge is 2.30. The summed E-state index contributed by atoms with van der Waals surface area (Å²) in [5, 5.41) is 10.8. The third-order valence-corrected chi connectivity index (χ3v) is 5.19. The van der Waals surface area contributed by atoms with E-state index in [0.717, 1.165) is 29.8 Å². The molecule has 0 spiro atoms. The molecular weight excluding hydrogens is 272 g/mol. The number of nitrogens with one attached hydrogen (secondary N) is 2. The topological polar surface area (TPSA) is 59.0 Å². The molecule has 1 aromatic heterocycles. The summed E-state index contributed by atoms with van der Waals surface area (Å²) in [4.78, 5) is 12.1. The molecule has 1 amide bonds. The van der Waals surface area contributed by atoms with Crippen LogP contribution >= 0.6 is 11.8 Å². The molecule has 2 atom stereocenters. The van der Waals surface area contributed by atoms with E-state index in [4.69, 9.17) is 0 Å². The first-order valence-corrected chi connectivity index (χ1v) is 8.54. The van der Waals surface area contributed by atoms with Gasteiger partial charge in [0.2, 0.25) is 5.91 Å². The molecule has 2 aliphatic rings. The SMILES string of the molecule is CC(C1CC1)n1nccc1NC(=O)CC1CSCCN1. The van der Waals surface area contributed by atoms with Gasteiger partial charge in [0.05, 0.1) is 12.2 Å². The average Bonchev–Trinajstić information content (AvgIpc) is 3.20. The lowest BCUT2D eigenvalue weighted by Gasteiger charge is -2.22. The number of carbonyl (C=O) groups excluding carboxylic acids is 1. The van der Waals surface area contributed by atoms with Gasteiger partial charge in [-0.3, -0.25) is 4.79 Å². The summed E-state index contributed by atoms with van der Waals surface area (Å²) in [5.74, 6) is 3.80. The predicted molar refractivity (Wildman–Crippen MR) is 82.0 cm³/mol. The molecule has 0 radical (unpaired) electrons. The van der Waals surface area contributed by atoms with Crippen LogP contribution in [-0.2, 0) is 4.79 Å². The largest absolute Gasteiger partial charge is 0.312 e. The van der Waals surface area contributed by atoms with Crippen molar-refractivity contribution in [2.45, 2.75) is 38.3 Å². The van der Waals surface area contributed by atoms with Crippen LogP contribution in [0.15, 0.2) is 12.3 Å². The highest BCUT2D eigenvalue weighted by molar-refractivity contribution is 7.99. The Morgan fingerprint density at radius 1 is 1.65 bits per heavy atom. The maximum atomic E-state index is 12.1. The van der Waals surface area contributed by atoms with Crippen molar-refractivity contribution in [1.82, 2.24) is 15.1 Å². The van der Waals surface area contributed by atoms with Gasteiger partial charge >= 0.3 is 0 Å². The fraction of sp³-hybridized carbons (Fsp3) is 0.714. The van der Waals surface area contributed by atoms with Gasteiger partial charge in [-0.1, -0.05) is 0 Å². The highest BCUT2D eigenvalue weighted by Crippen LogP contribution is 2.40. The van der Waals surface area contributed by atoms with Crippen molar-refractivity contribution in [2.24, 2.45) is 5.92 Å². The smallest absolute Gasteiger partial charge is 0.227 e. The van der Waals surface area contributed by atoms with E-state index >= 15 is 0 Å². The highest BCUT2D eigenvalue weighted by atomic mass is 32.2. The standard InChI is InChI=1S/C14H22N4OS/c1-10(11-2-3-11)18-13(4-5-16-18)17-14(19)8-12-9-20-7-6-15-12/h4-5,10-12,15H,2-3,6-9H2,1H3,(H,17,19). The first kappa shape index (κ1) is 13.9. The van der Waals surface area contributed by atoms with Crippen LogP contribution in [0.1, 0.15) is 32.2 Å². The molecule has 1 aliphatic carbocycles. The van der Waals surface area contributed by atoms with Crippen LogP contribution in [0.5, 0.6) is 0 Å². The zero-order chi connectivity index (χ0) is 13.9. The van der Waals surface area contributed by atoms with Crippen LogP contribution < -0.4 is 10.6 Å². The number of hydrogen-bond donors (Lipinski definition) is 2. The Morgan fingerprint density at radius 3 is 3.20 bits per heavy atom. The van der Waals surface area contributed by atoms with Gasteiger partial charge in [0, 0.05) is 36.6 Å². The summed E-state index contributed by atoms with van der Waals surface area (Å²) in [7, 11) is 0. The second-order valence-electron chi connectivity index (χ2n) is 5.72. The Morgan fingerprint density at radius 2 is 2.50 bits per heavy atom. The Kier molecular flexibility index (Phi) is 4.31. The maximum Gasteiger partial charge on any atom is 0.227 e. The minimum atomic E-state index is 0.0785. The third kappa shape index (κ3) is 3.35. The fourth-order valence-corrected chi connectivity index (χ4v) is 3.63. The molecule has 6 heteroatoms. The lowest BCUT2D eigenvalue weighted by atomic mass is 10.2. The molecular formula is C14H22N4OS. The number of rotatable bonds is 5. The molecule has 2 heterocycles. The van der Waals surface area contributed by atoms with Gasteiger partial charge in [-0.2, -0.15) is 16.9 Å². The number of nitrogens with zero attached hydrogens (tertiary/aromatic N) is 2. The monoisotopic (exact) mass is 294 g/mol. The van der Waals surface area contributed by atoms with Crippen molar-refractivity contribution in [3.05, 3.63) is 12.3 Å². The van der Waals surface area contributed by atoms with Gasteiger partial charge in [-0.05, 0) is 25.7 Å². The molecule has 1 aliphatic heterocycles. The molecule has 110 valence electrons. The second kappa shape index (κ2) is 6.18. The summed E-state index contributed by atoms with van der Waals surface area (Å²) in [6, 6.07) is 2.56. The van der Waals surface area contributed by atoms with E-state index in [1.807, 2.05) is 22.5 Å². The van der Waals surface area contributed by atoms with Crippen molar-refractivity contribution >= 4 is 23.5 Å². The van der Waals surface area contributed by atoms with E-state index < -0.39 is 0 Å². The number of anilines is 1. The van der Waals surface area contributed by atoms with Crippen molar-refractivity contribution in [3.63, 3.8) is 0 Å². The number of hydrogen-bond acceptors (Lipinski definition) is 4. The molecule has 0 aromatic carbocycles. The Bertz CT molecular complexity index is 465. The minimum absolute atomic E-state index is 0.0785. The van der Waals surface area contributed by atoms with Crippen LogP contribution in [0.25, 0.3) is 0 Å². The van der Waals surface area contributed by atoms with Crippen molar-refractivity contribution in [3.8, 4) is 0 Å². The van der Waals surface area contributed by atoms with Crippen LogP contribution in [-0.4, -0.2) is 39.8 Å². The summed E-state index contributed by atoms with van der Waals surface area (Å²) in [6.45, 7) is 3.18. The summed E-state index contributed by atoms with van der Waals surface area (Å²) in [6.07, 6.45) is 4.86. The summed E-state index contributed by atoms with van der Waals surface area (Å²) >= 11 is 1.91. The Hall–Kier alpha value is -1.01. The van der Waals surface area contributed by atoms with Gasteiger partial charge in [-0.25, -0.2) is 4.68 Å². The number of aromatic nitrogens is 2. The van der Waals surface area contributed by atoms with Gasteiger partial charge in [-0.15, -0.1) is 0 Å². The number of carbonyl (C=O) groups is 1. The lowest BCUT2D eigenvalue weighted by Crippen LogP contribution is -2.40. The summed E-state index contributed by atoms with van der Waals surface area (Å²) in [5.41, 5.74) is 0. The van der Waals surface area contributed by atoms with E-state index in [1.165, 1.54) is 12.8 Å². The van der Waals surface area contributed by atoms with Gasteiger partial charge in [0.15, 0.2) is 0 Å². The van der Waals surface area contributed by atoms with E-state index in [0.29, 0.717) is 18.5 Å². The zero-order valence-electron chi connectivity index (χ0n) is 11.8. The third-order valence-electron chi connectivity index (χ3n) is 4.06. The summed E-state index contributed by atoms with van der Waals surface area (Å²) < 4.78 is 1.96. The molecule has 1 aromatic rings. The fourth-order valence-electron chi connectivity index (χ4n) is 2.68. The molecule has 3 rings (SSSR count). The second-order valence-corrected chi connectivity index (χ2v) is 6.87. The Labute approximate surface area is 123 Å². The van der Waals surface area contributed by atoms with Gasteiger partial charge < -0.3 is 10.6 Å². The van der Waals surface area contributed by atoms with Crippen molar-refractivity contribution in [2.75, 3.05) is 23.4 Å². The molecule has 1 saturated carbocycles. The van der Waals surface area contributed by atoms with E-state index in [-0.39, 0.29) is 5.91 Å². The van der Waals surface area contributed by atoms with Crippen molar-refractivity contribution in [1.29, 1.82) is 0 Å². The first-order chi connectivity index (χ1) is 9.74. The zero-order valence-corrected chi connectivity index (χ0v) is 12.7. The number of thioether (sulfide) groups is 1. The predicted octanol–water partition coefficient (Wildman–Crippen LogP) is 1.89. The quantitative estimate of drug-likeness (QED) is 0.870.